The number of piperidine rings is 1. The van der Waals surface area contributed by atoms with Gasteiger partial charge in [-0.1, -0.05) is 49.5 Å². The summed E-state index contributed by atoms with van der Waals surface area (Å²) in [5.74, 6) is 1.33. The Balaban J connectivity index is 1.30. The number of amides is 2. The highest BCUT2D eigenvalue weighted by Gasteiger charge is 2.51. The van der Waals surface area contributed by atoms with Gasteiger partial charge in [0.2, 0.25) is 11.8 Å². The van der Waals surface area contributed by atoms with Crippen molar-refractivity contribution in [2.24, 2.45) is 11.8 Å². The fourth-order valence-corrected chi connectivity index (χ4v) is 12.0. The third-order valence-electron chi connectivity index (χ3n) is 10.4. The quantitative estimate of drug-likeness (QED) is 0.323. The fraction of sp³-hybridized carbons (Fsp3) is 0.600. The summed E-state index contributed by atoms with van der Waals surface area (Å²) in [6, 6.07) is 16.6. The van der Waals surface area contributed by atoms with Gasteiger partial charge >= 0.3 is 0 Å². The Morgan fingerprint density at radius 3 is 2.61 bits per heavy atom. The van der Waals surface area contributed by atoms with E-state index in [1.165, 1.54) is 10.8 Å². The summed E-state index contributed by atoms with van der Waals surface area (Å²) in [5, 5.41) is 17.7. The number of aryl methyl sites for hydroxylation is 1. The molecular weight excluding hydrogens is 570 g/mol. The number of benzene rings is 2. The lowest BCUT2D eigenvalue weighted by Crippen LogP contribution is -2.51. The van der Waals surface area contributed by atoms with Crippen molar-refractivity contribution < 1.29 is 24.2 Å². The second-order valence-electron chi connectivity index (χ2n) is 13.6. The van der Waals surface area contributed by atoms with Crippen molar-refractivity contribution in [3.8, 4) is 5.75 Å². The van der Waals surface area contributed by atoms with Crippen molar-refractivity contribution >= 4 is 30.8 Å². The number of likely N-dealkylation sites (tertiary alicyclic amines) is 1. The van der Waals surface area contributed by atoms with E-state index >= 15 is 0 Å². The first-order valence-corrected chi connectivity index (χ1v) is 19.6. The summed E-state index contributed by atoms with van der Waals surface area (Å²) in [6.07, 6.45) is 5.66. The molecular formula is C35H51N3O5Si. The van der Waals surface area contributed by atoms with Crippen LogP contribution in [0.25, 0.3) is 0 Å². The number of aliphatic hydroxyl groups excluding tert-OH is 1. The molecule has 0 aliphatic carbocycles. The van der Waals surface area contributed by atoms with Crippen LogP contribution in [-0.4, -0.2) is 81.5 Å². The molecule has 2 amide bonds. The number of methoxy groups -OCH3 is 1. The Morgan fingerprint density at radius 2 is 1.91 bits per heavy atom. The maximum Gasteiger partial charge on any atom is 0.228 e. The van der Waals surface area contributed by atoms with Crippen molar-refractivity contribution in [1.82, 2.24) is 10.2 Å². The largest absolute Gasteiger partial charge is 0.497 e. The van der Waals surface area contributed by atoms with Gasteiger partial charge in [-0.15, -0.1) is 0 Å². The van der Waals surface area contributed by atoms with Crippen LogP contribution in [0, 0.1) is 11.8 Å². The smallest absolute Gasteiger partial charge is 0.228 e. The summed E-state index contributed by atoms with van der Waals surface area (Å²) >= 11 is 0. The molecule has 240 valence electrons. The van der Waals surface area contributed by atoms with Gasteiger partial charge in [0, 0.05) is 18.8 Å². The lowest BCUT2D eigenvalue weighted by Gasteiger charge is -2.36. The lowest BCUT2D eigenvalue weighted by atomic mass is 9.94. The highest BCUT2D eigenvalue weighted by Crippen LogP contribution is 2.46. The maximum atomic E-state index is 13.6. The number of carbonyl (C=O) groups excluding carboxylic acids is 2. The lowest BCUT2D eigenvalue weighted by molar-refractivity contribution is -0.135. The molecule has 0 saturated carbocycles. The van der Waals surface area contributed by atoms with E-state index < -0.39 is 8.07 Å². The summed E-state index contributed by atoms with van der Waals surface area (Å²) in [5.41, 5.74) is 2.28. The highest BCUT2D eigenvalue weighted by atomic mass is 28.3. The molecule has 9 heteroatoms. The van der Waals surface area contributed by atoms with E-state index in [1.54, 1.807) is 7.11 Å². The fourth-order valence-electron chi connectivity index (χ4n) is 7.92. The van der Waals surface area contributed by atoms with Gasteiger partial charge in [0.1, 0.15) is 5.75 Å². The van der Waals surface area contributed by atoms with Gasteiger partial charge < -0.3 is 30.1 Å². The summed E-state index contributed by atoms with van der Waals surface area (Å²) < 4.78 is 12.3. The zero-order chi connectivity index (χ0) is 31.3. The average molecular weight is 622 g/mol. The molecule has 0 bridgehead atoms. The Morgan fingerprint density at radius 1 is 1.11 bits per heavy atom. The molecule has 0 aromatic heterocycles. The number of ether oxygens (including phenoxy) is 2. The van der Waals surface area contributed by atoms with Crippen LogP contribution in [0.15, 0.2) is 48.5 Å². The molecule has 3 heterocycles. The molecule has 2 aromatic rings. The predicted octanol–water partition coefficient (Wildman–Crippen LogP) is 4.33. The first kappa shape index (κ1) is 32.7. The van der Waals surface area contributed by atoms with Crippen LogP contribution in [0.3, 0.4) is 0 Å². The molecule has 5 rings (SSSR count). The van der Waals surface area contributed by atoms with Crippen molar-refractivity contribution in [3.63, 3.8) is 0 Å². The van der Waals surface area contributed by atoms with Crippen LogP contribution in [-0.2, 0) is 20.7 Å². The van der Waals surface area contributed by atoms with E-state index in [1.807, 2.05) is 29.2 Å². The molecule has 0 spiro atoms. The van der Waals surface area contributed by atoms with Crippen molar-refractivity contribution in [2.75, 3.05) is 38.7 Å². The molecule has 44 heavy (non-hydrogen) atoms. The van der Waals surface area contributed by atoms with Gasteiger partial charge in [-0.25, -0.2) is 0 Å². The third kappa shape index (κ3) is 7.38. The standard InChI is InChI=1S/C35H51N3O5Si/c1-24-31(17-12-25-8-5-10-27(20-25)37-35(41)26-9-6-18-36-22-26)43-32(21-33(40)38-19-7-11-28(38)23-39)34(24)44(3,4)30-15-13-29(42-2)14-16-30/h5,8,10,13-16,20,24,26,28,31-32,34,36,39H,6-7,9,11-12,17-19,21-23H2,1-4H3,(H,37,41)/t24-,26?,28+,31+,32-,34+/m1/s1. The zero-order valence-electron chi connectivity index (χ0n) is 26.9. The maximum absolute atomic E-state index is 13.6. The number of aliphatic hydroxyl groups is 1. The molecule has 3 fully saturated rings. The Kier molecular flexibility index (Phi) is 10.8. The first-order valence-electron chi connectivity index (χ1n) is 16.5. The minimum Gasteiger partial charge on any atom is -0.497 e. The van der Waals surface area contributed by atoms with Gasteiger partial charge in [-0.05, 0) is 86.4 Å². The Labute approximate surface area is 263 Å². The van der Waals surface area contributed by atoms with Crippen LogP contribution in [0.1, 0.15) is 51.0 Å². The van der Waals surface area contributed by atoms with Gasteiger partial charge in [-0.3, -0.25) is 9.59 Å². The minimum atomic E-state index is -2.09. The number of hydrogen-bond donors (Lipinski definition) is 3. The second-order valence-corrected chi connectivity index (χ2v) is 18.3. The normalized spacial score (nSPS) is 27.3. The molecule has 1 unspecified atom stereocenters. The molecule has 0 radical (unpaired) electrons. The topological polar surface area (TPSA) is 100 Å². The molecule has 3 aliphatic rings. The van der Waals surface area contributed by atoms with E-state index in [0.717, 1.165) is 63.1 Å². The van der Waals surface area contributed by atoms with Crippen LogP contribution < -0.4 is 20.6 Å². The van der Waals surface area contributed by atoms with E-state index in [9.17, 15) is 14.7 Å². The Hall–Kier alpha value is -2.72. The molecule has 3 saturated heterocycles. The Bertz CT molecular complexity index is 1270. The number of anilines is 1. The number of nitrogens with zero attached hydrogens (tertiary/aromatic N) is 1. The van der Waals surface area contributed by atoms with Gasteiger partial charge in [0.15, 0.2) is 0 Å². The molecule has 3 aliphatic heterocycles. The number of nitrogens with one attached hydrogen (secondary N) is 2. The average Bonchev–Trinajstić information content (AvgIpc) is 3.65. The van der Waals surface area contributed by atoms with Crippen LogP contribution in [0.5, 0.6) is 5.75 Å². The monoisotopic (exact) mass is 621 g/mol. The first-order chi connectivity index (χ1) is 21.2. The van der Waals surface area contributed by atoms with Crippen LogP contribution in [0.2, 0.25) is 18.6 Å². The van der Waals surface area contributed by atoms with E-state index in [-0.39, 0.29) is 54.0 Å². The number of rotatable bonds is 11. The second kappa shape index (κ2) is 14.6. The van der Waals surface area contributed by atoms with Crippen LogP contribution in [0.4, 0.5) is 5.69 Å². The zero-order valence-corrected chi connectivity index (χ0v) is 27.9. The van der Waals surface area contributed by atoms with Gasteiger partial charge in [0.05, 0.1) is 52.4 Å². The minimum absolute atomic E-state index is 0.0167. The number of hydrogen-bond acceptors (Lipinski definition) is 6. The molecule has 6 atom stereocenters. The summed E-state index contributed by atoms with van der Waals surface area (Å²) in [4.78, 5) is 28.3. The predicted molar refractivity (Wildman–Crippen MR) is 177 cm³/mol. The molecule has 8 nitrogen and oxygen atoms in total. The van der Waals surface area contributed by atoms with Crippen molar-refractivity contribution in [3.05, 3.63) is 54.1 Å². The summed E-state index contributed by atoms with van der Waals surface area (Å²) in [7, 11) is -0.400. The van der Waals surface area contributed by atoms with E-state index in [0.29, 0.717) is 13.0 Å². The van der Waals surface area contributed by atoms with Gasteiger partial charge in [0.25, 0.3) is 0 Å². The van der Waals surface area contributed by atoms with Crippen molar-refractivity contribution in [1.29, 1.82) is 0 Å². The van der Waals surface area contributed by atoms with Crippen molar-refractivity contribution in [2.45, 2.75) is 88.8 Å². The molecule has 2 aromatic carbocycles. The summed E-state index contributed by atoms with van der Waals surface area (Å²) in [6.45, 7) is 9.56. The molecule has 3 N–H and O–H groups in total. The third-order valence-corrected chi connectivity index (χ3v) is 14.8. The van der Waals surface area contributed by atoms with E-state index in [2.05, 4.69) is 54.9 Å². The number of carbonyl (C=O) groups is 2. The van der Waals surface area contributed by atoms with Gasteiger partial charge in [-0.2, -0.15) is 0 Å². The SMILES string of the molecule is COc1ccc([Si](C)(C)[C@H]2[C@H](C)[C@H](CCc3cccc(NC(=O)C4CCCNC4)c3)O[C@@H]2CC(=O)N2CCC[C@H]2CO)cc1. The van der Waals surface area contributed by atoms with Crippen LogP contribution >= 0.6 is 0 Å². The highest BCUT2D eigenvalue weighted by molar-refractivity contribution is 6.91. The van der Waals surface area contributed by atoms with E-state index in [4.69, 9.17) is 9.47 Å².